The highest BCUT2D eigenvalue weighted by Gasteiger charge is 2.29. The number of rotatable bonds is 8. The van der Waals surface area contributed by atoms with Gasteiger partial charge >= 0.3 is 6.18 Å². The minimum atomic E-state index is -4.28. The van der Waals surface area contributed by atoms with E-state index in [1.165, 1.54) is 0 Å². The Morgan fingerprint density at radius 1 is 1.14 bits per heavy atom. The zero-order valence-corrected chi connectivity index (χ0v) is 12.8. The van der Waals surface area contributed by atoms with Gasteiger partial charge in [0, 0.05) is 6.04 Å². The molecule has 0 aliphatic carbocycles. The summed E-state index contributed by atoms with van der Waals surface area (Å²) in [6.07, 6.45) is -2.47. The molecule has 1 rings (SSSR count). The highest BCUT2D eigenvalue weighted by Crippen LogP contribution is 2.29. The zero-order chi connectivity index (χ0) is 15.9. The van der Waals surface area contributed by atoms with Crippen LogP contribution in [0.2, 0.25) is 0 Å². The van der Waals surface area contributed by atoms with Crippen LogP contribution in [0.15, 0.2) is 24.3 Å². The molecule has 1 aromatic rings. The van der Waals surface area contributed by atoms with Crippen molar-refractivity contribution in [2.45, 2.75) is 51.9 Å². The summed E-state index contributed by atoms with van der Waals surface area (Å²) in [5.41, 5.74) is 0.270. The largest absolute Gasteiger partial charge is 0.416 e. The first-order valence-electron chi connectivity index (χ1n) is 7.34. The maximum Gasteiger partial charge on any atom is 0.416 e. The van der Waals surface area contributed by atoms with E-state index in [0.717, 1.165) is 30.7 Å². The molecule has 0 aliphatic rings. The molecule has 0 bridgehead atoms. The lowest BCUT2D eigenvalue weighted by Gasteiger charge is -2.20. The van der Waals surface area contributed by atoms with Crippen LogP contribution in [-0.2, 0) is 17.3 Å². The third kappa shape index (κ3) is 6.96. The second-order valence-electron chi connectivity index (χ2n) is 5.43. The number of ether oxygens (including phenoxy) is 1. The maximum absolute atomic E-state index is 12.5. The molecule has 0 amide bonds. The summed E-state index contributed by atoms with van der Waals surface area (Å²) < 4.78 is 43.2. The predicted molar refractivity (Wildman–Crippen MR) is 78.3 cm³/mol. The first kappa shape index (κ1) is 18.0. The van der Waals surface area contributed by atoms with Gasteiger partial charge in [-0.05, 0) is 50.9 Å². The van der Waals surface area contributed by atoms with Crippen LogP contribution in [0.3, 0.4) is 0 Å². The Kier molecular flexibility index (Phi) is 7.18. The Bertz CT molecular complexity index is 401. The van der Waals surface area contributed by atoms with Crippen molar-refractivity contribution in [2.75, 3.05) is 13.2 Å². The van der Waals surface area contributed by atoms with Crippen LogP contribution >= 0.6 is 0 Å². The van der Waals surface area contributed by atoms with Crippen molar-refractivity contribution >= 4 is 0 Å². The molecule has 0 spiro atoms. The topological polar surface area (TPSA) is 21.3 Å². The molecule has 0 fully saturated rings. The van der Waals surface area contributed by atoms with Crippen molar-refractivity contribution in [1.82, 2.24) is 5.32 Å². The highest BCUT2D eigenvalue weighted by atomic mass is 19.4. The van der Waals surface area contributed by atoms with Crippen molar-refractivity contribution in [3.63, 3.8) is 0 Å². The first-order valence-corrected chi connectivity index (χ1v) is 7.34. The molecule has 2 nitrogen and oxygen atoms in total. The molecular formula is C16H24F3NO. The van der Waals surface area contributed by atoms with Crippen molar-refractivity contribution in [3.05, 3.63) is 35.4 Å². The van der Waals surface area contributed by atoms with Crippen LogP contribution in [0.25, 0.3) is 0 Å². The lowest BCUT2D eigenvalue weighted by Crippen LogP contribution is -2.36. The van der Waals surface area contributed by atoms with Gasteiger partial charge in [0.15, 0.2) is 0 Å². The fourth-order valence-electron chi connectivity index (χ4n) is 1.96. The van der Waals surface area contributed by atoms with Crippen LogP contribution in [0.4, 0.5) is 13.2 Å². The summed E-state index contributed by atoms with van der Waals surface area (Å²) in [4.78, 5) is 0. The lowest BCUT2D eigenvalue weighted by molar-refractivity contribution is -0.137. The van der Waals surface area contributed by atoms with Crippen LogP contribution in [0, 0.1) is 0 Å². The van der Waals surface area contributed by atoms with Gasteiger partial charge in [-0.3, -0.25) is 0 Å². The molecule has 1 atom stereocenters. The molecule has 5 heteroatoms. The van der Waals surface area contributed by atoms with E-state index in [-0.39, 0.29) is 12.1 Å². The van der Waals surface area contributed by atoms with Gasteiger partial charge in [0.05, 0.1) is 18.3 Å². The Morgan fingerprint density at radius 3 is 2.24 bits per heavy atom. The maximum atomic E-state index is 12.5. The number of halogens is 3. The van der Waals surface area contributed by atoms with Gasteiger partial charge in [0.2, 0.25) is 0 Å². The van der Waals surface area contributed by atoms with E-state index in [1.807, 2.05) is 13.8 Å². The van der Waals surface area contributed by atoms with E-state index in [0.29, 0.717) is 13.0 Å². The number of alkyl halides is 3. The van der Waals surface area contributed by atoms with Gasteiger partial charge in [-0.2, -0.15) is 13.2 Å². The average Bonchev–Trinajstić information content (AvgIpc) is 2.41. The summed E-state index contributed by atoms with van der Waals surface area (Å²) in [6, 6.07) is 5.46. The standard InChI is InChI=1S/C16H24F3NO/c1-4-9-20-15(11-21-12(2)3)10-13-5-7-14(8-6-13)16(17,18)19/h5-8,12,15,20H,4,9-11H2,1-3H3. The van der Waals surface area contributed by atoms with Crippen molar-refractivity contribution in [2.24, 2.45) is 0 Å². The molecule has 0 saturated heterocycles. The molecule has 0 saturated carbocycles. The van der Waals surface area contributed by atoms with E-state index in [2.05, 4.69) is 12.2 Å². The summed E-state index contributed by atoms with van der Waals surface area (Å²) in [6.45, 7) is 7.43. The summed E-state index contributed by atoms with van der Waals surface area (Å²) in [7, 11) is 0. The molecule has 1 unspecified atom stereocenters. The summed E-state index contributed by atoms with van der Waals surface area (Å²) >= 11 is 0. The number of hydrogen-bond donors (Lipinski definition) is 1. The van der Waals surface area contributed by atoms with E-state index >= 15 is 0 Å². The van der Waals surface area contributed by atoms with Crippen LogP contribution in [0.5, 0.6) is 0 Å². The fraction of sp³-hybridized carbons (Fsp3) is 0.625. The van der Waals surface area contributed by atoms with Gasteiger partial charge in [-0.1, -0.05) is 19.1 Å². The van der Waals surface area contributed by atoms with E-state index < -0.39 is 11.7 Å². The second-order valence-corrected chi connectivity index (χ2v) is 5.43. The van der Waals surface area contributed by atoms with Crippen LogP contribution in [0.1, 0.15) is 38.3 Å². The molecule has 21 heavy (non-hydrogen) atoms. The van der Waals surface area contributed by atoms with Crippen molar-refractivity contribution in [3.8, 4) is 0 Å². The molecule has 0 aliphatic heterocycles. The number of benzene rings is 1. The lowest BCUT2D eigenvalue weighted by atomic mass is 10.0. The molecule has 120 valence electrons. The smallest absolute Gasteiger partial charge is 0.377 e. The fourth-order valence-corrected chi connectivity index (χ4v) is 1.96. The predicted octanol–water partition coefficient (Wildman–Crippen LogP) is 4.04. The van der Waals surface area contributed by atoms with Gasteiger partial charge in [0.25, 0.3) is 0 Å². The van der Waals surface area contributed by atoms with Gasteiger partial charge in [-0.15, -0.1) is 0 Å². The number of hydrogen-bond acceptors (Lipinski definition) is 2. The van der Waals surface area contributed by atoms with Gasteiger partial charge < -0.3 is 10.1 Å². The molecule has 1 aromatic carbocycles. The molecule has 0 heterocycles. The molecule has 0 radical (unpaired) electrons. The van der Waals surface area contributed by atoms with Crippen molar-refractivity contribution < 1.29 is 17.9 Å². The van der Waals surface area contributed by atoms with E-state index in [1.54, 1.807) is 12.1 Å². The normalized spacial score (nSPS) is 13.7. The second kappa shape index (κ2) is 8.39. The molecule has 1 N–H and O–H groups in total. The average molecular weight is 303 g/mol. The number of nitrogens with one attached hydrogen (secondary N) is 1. The molecular weight excluding hydrogens is 279 g/mol. The SMILES string of the molecule is CCCNC(COC(C)C)Cc1ccc(C(F)(F)F)cc1. The Hall–Kier alpha value is -1.07. The quantitative estimate of drug-likeness (QED) is 0.782. The Labute approximate surface area is 124 Å². The van der Waals surface area contributed by atoms with Gasteiger partial charge in [-0.25, -0.2) is 0 Å². The highest BCUT2D eigenvalue weighted by molar-refractivity contribution is 5.25. The first-order chi connectivity index (χ1) is 9.82. The van der Waals surface area contributed by atoms with E-state index in [9.17, 15) is 13.2 Å². The third-order valence-electron chi connectivity index (χ3n) is 3.08. The minimum Gasteiger partial charge on any atom is -0.377 e. The molecule has 0 aromatic heterocycles. The summed E-state index contributed by atoms with van der Waals surface area (Å²) in [5.74, 6) is 0. The van der Waals surface area contributed by atoms with Crippen molar-refractivity contribution in [1.29, 1.82) is 0 Å². The van der Waals surface area contributed by atoms with Gasteiger partial charge in [0.1, 0.15) is 0 Å². The van der Waals surface area contributed by atoms with E-state index in [4.69, 9.17) is 4.74 Å². The minimum absolute atomic E-state index is 0.115. The zero-order valence-electron chi connectivity index (χ0n) is 12.8. The third-order valence-corrected chi connectivity index (χ3v) is 3.08. The monoisotopic (exact) mass is 303 g/mol. The van der Waals surface area contributed by atoms with Crippen LogP contribution < -0.4 is 5.32 Å². The van der Waals surface area contributed by atoms with Crippen LogP contribution in [-0.4, -0.2) is 25.3 Å². The Balaban J connectivity index is 2.64. The Morgan fingerprint density at radius 2 is 1.76 bits per heavy atom. The summed E-state index contributed by atoms with van der Waals surface area (Å²) in [5, 5.41) is 3.37.